The number of hydrogen-bond donors (Lipinski definition) is 2. The summed E-state index contributed by atoms with van der Waals surface area (Å²) >= 11 is 0. The number of aromatic nitrogens is 3. The number of fused-ring (bicyclic) bond motifs is 2. The third-order valence-electron chi connectivity index (χ3n) is 5.36. The Bertz CT molecular complexity index is 1290. The number of nitrogens with one attached hydrogen (secondary N) is 2. The molecule has 1 amide bonds. The van der Waals surface area contributed by atoms with Gasteiger partial charge in [0.25, 0.3) is 5.91 Å². The number of rotatable bonds is 3. The molecule has 1 aliphatic heterocycles. The smallest absolute Gasteiger partial charge is 0.272 e. The fourth-order valence-electron chi connectivity index (χ4n) is 3.92. The van der Waals surface area contributed by atoms with Crippen LogP contribution in [0.25, 0.3) is 22.3 Å². The van der Waals surface area contributed by atoms with Gasteiger partial charge in [-0.15, -0.1) is 0 Å². The number of benzene rings is 2. The van der Waals surface area contributed by atoms with Crippen molar-refractivity contribution in [2.75, 3.05) is 5.32 Å². The van der Waals surface area contributed by atoms with Crippen LogP contribution in [0.3, 0.4) is 0 Å². The van der Waals surface area contributed by atoms with E-state index in [1.165, 1.54) is 18.2 Å². The number of imidazole rings is 1. The highest BCUT2D eigenvalue weighted by Crippen LogP contribution is 2.26. The van der Waals surface area contributed by atoms with Gasteiger partial charge in [0.1, 0.15) is 11.5 Å². The average Bonchev–Trinajstić information content (AvgIpc) is 3.18. The minimum atomic E-state index is -0.352. The zero-order valence-electron chi connectivity index (χ0n) is 15.8. The number of amides is 1. The highest BCUT2D eigenvalue weighted by Gasteiger charge is 2.16. The summed E-state index contributed by atoms with van der Waals surface area (Å²) in [6.07, 6.45) is 5.35. The molecular formula is C23H20N4O2. The summed E-state index contributed by atoms with van der Waals surface area (Å²) in [4.78, 5) is 32.7. The highest BCUT2D eigenvalue weighted by molar-refractivity contribution is 6.04. The van der Waals surface area contributed by atoms with Gasteiger partial charge in [-0.05, 0) is 43.5 Å². The molecule has 3 heterocycles. The number of carbonyl (C=O) groups excluding carboxylic acids is 1. The van der Waals surface area contributed by atoms with Crippen LogP contribution in [0.4, 0.5) is 5.69 Å². The normalized spacial score (nSPS) is 13.2. The van der Waals surface area contributed by atoms with Crippen LogP contribution in [-0.2, 0) is 13.0 Å². The van der Waals surface area contributed by atoms with Gasteiger partial charge in [-0.3, -0.25) is 9.59 Å². The third kappa shape index (κ3) is 3.23. The predicted octanol–water partition coefficient (Wildman–Crippen LogP) is 3.98. The van der Waals surface area contributed by atoms with Gasteiger partial charge in [0.15, 0.2) is 5.43 Å². The molecule has 5 rings (SSSR count). The number of aromatic amines is 1. The van der Waals surface area contributed by atoms with Crippen molar-refractivity contribution in [3.8, 4) is 11.4 Å². The monoisotopic (exact) mass is 384 g/mol. The van der Waals surface area contributed by atoms with Crippen LogP contribution in [0.1, 0.15) is 29.0 Å². The van der Waals surface area contributed by atoms with Crippen LogP contribution < -0.4 is 10.7 Å². The van der Waals surface area contributed by atoms with E-state index in [0.29, 0.717) is 16.6 Å². The lowest BCUT2D eigenvalue weighted by Gasteiger charge is -2.17. The number of hydrogen-bond acceptors (Lipinski definition) is 3. The molecule has 2 N–H and O–H groups in total. The van der Waals surface area contributed by atoms with E-state index in [9.17, 15) is 9.59 Å². The van der Waals surface area contributed by atoms with E-state index in [4.69, 9.17) is 0 Å². The summed E-state index contributed by atoms with van der Waals surface area (Å²) in [7, 11) is 0. The molecule has 144 valence electrons. The highest BCUT2D eigenvalue weighted by atomic mass is 16.2. The van der Waals surface area contributed by atoms with Crippen molar-refractivity contribution in [2.24, 2.45) is 0 Å². The molecule has 0 spiro atoms. The molecule has 6 heteroatoms. The zero-order valence-corrected chi connectivity index (χ0v) is 15.8. The maximum atomic E-state index is 12.7. The van der Waals surface area contributed by atoms with Gasteiger partial charge in [-0.1, -0.05) is 24.3 Å². The zero-order chi connectivity index (χ0) is 19.8. The van der Waals surface area contributed by atoms with E-state index >= 15 is 0 Å². The molecule has 0 unspecified atom stereocenters. The number of aryl methyl sites for hydroxylation is 1. The molecule has 0 saturated heterocycles. The number of pyridine rings is 1. The van der Waals surface area contributed by atoms with Crippen molar-refractivity contribution in [2.45, 2.75) is 25.8 Å². The molecule has 0 bridgehead atoms. The first-order chi connectivity index (χ1) is 14.2. The minimum Gasteiger partial charge on any atom is -0.350 e. The summed E-state index contributed by atoms with van der Waals surface area (Å²) in [6, 6.07) is 16.1. The lowest BCUT2D eigenvalue weighted by Crippen LogP contribution is -2.17. The second-order valence-corrected chi connectivity index (χ2v) is 7.31. The first kappa shape index (κ1) is 17.4. The maximum absolute atomic E-state index is 12.7. The van der Waals surface area contributed by atoms with Gasteiger partial charge in [0.2, 0.25) is 0 Å². The number of carbonyl (C=O) groups is 1. The Morgan fingerprint density at radius 1 is 1.07 bits per heavy atom. The Kier molecular flexibility index (Phi) is 4.24. The average molecular weight is 384 g/mol. The first-order valence-corrected chi connectivity index (χ1v) is 9.77. The molecule has 0 fully saturated rings. The SMILES string of the molecule is O=C(Nc1cccc(-c2ncc3n2CCCC3)c1)c1cc(=O)c2ccccc2[nH]1. The fraction of sp³-hybridized carbons (Fsp3) is 0.174. The Morgan fingerprint density at radius 2 is 1.97 bits per heavy atom. The molecule has 2 aromatic heterocycles. The number of anilines is 1. The summed E-state index contributed by atoms with van der Waals surface area (Å²) < 4.78 is 2.26. The summed E-state index contributed by atoms with van der Waals surface area (Å²) in [5.41, 5.74) is 3.58. The Hall–Kier alpha value is -3.67. The Labute approximate surface area is 167 Å². The Balaban J connectivity index is 1.44. The van der Waals surface area contributed by atoms with E-state index in [1.54, 1.807) is 18.2 Å². The molecule has 6 nitrogen and oxygen atoms in total. The number of H-pyrrole nitrogens is 1. The minimum absolute atomic E-state index is 0.178. The topological polar surface area (TPSA) is 79.8 Å². The van der Waals surface area contributed by atoms with Crippen molar-refractivity contribution >= 4 is 22.5 Å². The molecule has 1 aliphatic rings. The van der Waals surface area contributed by atoms with Crippen LogP contribution in [-0.4, -0.2) is 20.4 Å². The van der Waals surface area contributed by atoms with Gasteiger partial charge in [-0.2, -0.15) is 0 Å². The molecule has 0 saturated carbocycles. The van der Waals surface area contributed by atoms with Crippen molar-refractivity contribution in [3.05, 3.63) is 82.4 Å². The largest absolute Gasteiger partial charge is 0.350 e. The lowest BCUT2D eigenvalue weighted by atomic mass is 10.1. The van der Waals surface area contributed by atoms with Gasteiger partial charge >= 0.3 is 0 Å². The van der Waals surface area contributed by atoms with Crippen LogP contribution in [0, 0.1) is 0 Å². The van der Waals surface area contributed by atoms with Crippen LogP contribution in [0.2, 0.25) is 0 Å². The van der Waals surface area contributed by atoms with Crippen molar-refractivity contribution in [3.63, 3.8) is 0 Å². The number of nitrogens with zero attached hydrogens (tertiary/aromatic N) is 2. The van der Waals surface area contributed by atoms with E-state index in [-0.39, 0.29) is 17.0 Å². The standard InChI is InChI=1S/C23H20N4O2/c28-21-13-20(26-19-10-2-1-9-18(19)21)23(29)25-16-7-5-6-15(12-16)22-24-14-17-8-3-4-11-27(17)22/h1-2,5-7,9-10,12-14H,3-4,8,11H2,(H,25,29)(H,26,28). The van der Waals surface area contributed by atoms with E-state index in [0.717, 1.165) is 30.8 Å². The summed E-state index contributed by atoms with van der Waals surface area (Å²) in [6.45, 7) is 0.972. The molecule has 0 radical (unpaired) electrons. The Morgan fingerprint density at radius 3 is 2.90 bits per heavy atom. The fourth-order valence-corrected chi connectivity index (χ4v) is 3.92. The van der Waals surface area contributed by atoms with Crippen LogP contribution in [0.15, 0.2) is 65.6 Å². The second-order valence-electron chi connectivity index (χ2n) is 7.31. The number of para-hydroxylation sites is 1. The molecular weight excluding hydrogens is 364 g/mol. The predicted molar refractivity (Wildman–Crippen MR) is 113 cm³/mol. The first-order valence-electron chi connectivity index (χ1n) is 9.77. The third-order valence-corrected chi connectivity index (χ3v) is 5.36. The summed E-state index contributed by atoms with van der Waals surface area (Å²) in [5.74, 6) is 0.574. The lowest BCUT2D eigenvalue weighted by molar-refractivity contribution is 0.102. The molecule has 4 aromatic rings. The van der Waals surface area contributed by atoms with Gasteiger partial charge < -0.3 is 14.9 Å². The second kappa shape index (κ2) is 7.05. The molecule has 29 heavy (non-hydrogen) atoms. The maximum Gasteiger partial charge on any atom is 0.272 e. The summed E-state index contributed by atoms with van der Waals surface area (Å²) in [5, 5.41) is 3.45. The van der Waals surface area contributed by atoms with Gasteiger partial charge in [0.05, 0.1) is 0 Å². The van der Waals surface area contributed by atoms with E-state index in [1.807, 2.05) is 36.5 Å². The van der Waals surface area contributed by atoms with Gasteiger partial charge in [-0.25, -0.2) is 4.98 Å². The van der Waals surface area contributed by atoms with Crippen molar-refractivity contribution < 1.29 is 4.79 Å². The quantitative estimate of drug-likeness (QED) is 0.561. The van der Waals surface area contributed by atoms with Crippen molar-refractivity contribution in [1.29, 1.82) is 0 Å². The molecule has 2 aromatic carbocycles. The van der Waals surface area contributed by atoms with Crippen LogP contribution in [0.5, 0.6) is 0 Å². The van der Waals surface area contributed by atoms with Crippen LogP contribution >= 0.6 is 0 Å². The van der Waals surface area contributed by atoms with E-state index in [2.05, 4.69) is 19.9 Å². The van der Waals surface area contributed by atoms with Crippen molar-refractivity contribution in [1.82, 2.24) is 14.5 Å². The molecule has 0 atom stereocenters. The van der Waals surface area contributed by atoms with E-state index < -0.39 is 0 Å². The van der Waals surface area contributed by atoms with Gasteiger partial charge in [0, 0.05) is 46.7 Å². The molecule has 0 aliphatic carbocycles.